The van der Waals surface area contributed by atoms with Crippen molar-refractivity contribution in [3.8, 4) is 0 Å². The highest BCUT2D eigenvalue weighted by molar-refractivity contribution is 9.10. The second-order valence-corrected chi connectivity index (χ2v) is 3.34. The third-order valence-corrected chi connectivity index (χ3v) is 2.34. The highest BCUT2D eigenvalue weighted by Crippen LogP contribution is 2.13. The van der Waals surface area contributed by atoms with E-state index in [1.807, 2.05) is 6.92 Å². The van der Waals surface area contributed by atoms with Gasteiger partial charge in [-0.1, -0.05) is 0 Å². The summed E-state index contributed by atoms with van der Waals surface area (Å²) >= 11 is 3.30. The van der Waals surface area contributed by atoms with Gasteiger partial charge in [0.15, 0.2) is 0 Å². The first kappa shape index (κ1) is 10.2. The molecule has 0 atom stereocenters. The zero-order valence-corrected chi connectivity index (χ0v) is 9.09. The Balaban J connectivity index is 2.90. The van der Waals surface area contributed by atoms with Gasteiger partial charge in [-0.15, -0.1) is 0 Å². The van der Waals surface area contributed by atoms with Crippen molar-refractivity contribution >= 4 is 21.9 Å². The maximum Gasteiger partial charge on any atom is 0.356 e. The van der Waals surface area contributed by atoms with Crippen molar-refractivity contribution < 1.29 is 9.53 Å². The summed E-state index contributed by atoms with van der Waals surface area (Å²) in [6.45, 7) is 3.96. The summed E-state index contributed by atoms with van der Waals surface area (Å²) in [5, 5.41) is 0. The predicted molar refractivity (Wildman–Crippen MR) is 52.6 cm³/mol. The largest absolute Gasteiger partial charge is 0.461 e. The van der Waals surface area contributed by atoms with Crippen LogP contribution in [0.3, 0.4) is 0 Å². The maximum atomic E-state index is 11.2. The summed E-state index contributed by atoms with van der Waals surface area (Å²) in [7, 11) is 0. The van der Waals surface area contributed by atoms with E-state index in [1.54, 1.807) is 19.1 Å². The minimum absolute atomic E-state index is 0.350. The van der Waals surface area contributed by atoms with E-state index in [4.69, 9.17) is 4.74 Å². The minimum Gasteiger partial charge on any atom is -0.461 e. The quantitative estimate of drug-likeness (QED) is 0.749. The van der Waals surface area contributed by atoms with Gasteiger partial charge in [0, 0.05) is 4.47 Å². The number of ether oxygens (including phenoxy) is 1. The van der Waals surface area contributed by atoms with Crippen LogP contribution in [0.25, 0.3) is 0 Å². The number of halogens is 1. The van der Waals surface area contributed by atoms with E-state index >= 15 is 0 Å². The molecular weight excluding hydrogens is 234 g/mol. The van der Waals surface area contributed by atoms with Gasteiger partial charge in [0.05, 0.1) is 12.3 Å². The molecule has 1 rings (SSSR count). The van der Waals surface area contributed by atoms with E-state index in [9.17, 15) is 4.79 Å². The number of rotatable bonds is 2. The topological polar surface area (TPSA) is 39.2 Å². The van der Waals surface area contributed by atoms with Crippen LogP contribution in [0.4, 0.5) is 0 Å². The van der Waals surface area contributed by atoms with E-state index in [-0.39, 0.29) is 5.97 Å². The highest BCUT2D eigenvalue weighted by Gasteiger charge is 2.08. The lowest BCUT2D eigenvalue weighted by atomic mass is 10.3. The second-order valence-electron chi connectivity index (χ2n) is 2.48. The van der Waals surface area contributed by atoms with Crippen LogP contribution >= 0.6 is 15.9 Å². The Kier molecular flexibility index (Phi) is 3.42. The molecule has 3 nitrogen and oxygen atoms in total. The number of aromatic nitrogens is 1. The van der Waals surface area contributed by atoms with Gasteiger partial charge in [-0.3, -0.25) is 0 Å². The number of aryl methyl sites for hydroxylation is 1. The molecule has 1 aromatic rings. The average Bonchev–Trinajstić information content (AvgIpc) is 2.10. The molecule has 0 radical (unpaired) electrons. The summed E-state index contributed by atoms with van der Waals surface area (Å²) in [5.74, 6) is -0.377. The summed E-state index contributed by atoms with van der Waals surface area (Å²) < 4.78 is 5.70. The third kappa shape index (κ3) is 2.52. The summed E-state index contributed by atoms with van der Waals surface area (Å²) in [5.41, 5.74) is 1.13. The van der Waals surface area contributed by atoms with Crippen LogP contribution in [0.1, 0.15) is 23.1 Å². The molecule has 0 aliphatic rings. The normalized spacial score (nSPS) is 9.77. The first-order chi connectivity index (χ1) is 6.15. The highest BCUT2D eigenvalue weighted by atomic mass is 79.9. The number of pyridine rings is 1. The summed E-state index contributed by atoms with van der Waals surface area (Å²) in [4.78, 5) is 15.3. The maximum absolute atomic E-state index is 11.2. The molecule has 0 unspecified atom stereocenters. The van der Waals surface area contributed by atoms with Crippen LogP contribution in [0.2, 0.25) is 0 Å². The van der Waals surface area contributed by atoms with Gasteiger partial charge in [-0.05, 0) is 41.9 Å². The molecule has 13 heavy (non-hydrogen) atoms. The Morgan fingerprint density at radius 3 is 2.85 bits per heavy atom. The van der Waals surface area contributed by atoms with Crippen molar-refractivity contribution in [3.63, 3.8) is 0 Å². The fourth-order valence-electron chi connectivity index (χ4n) is 0.863. The van der Waals surface area contributed by atoms with E-state index in [0.29, 0.717) is 12.3 Å². The lowest BCUT2D eigenvalue weighted by molar-refractivity contribution is 0.0519. The Morgan fingerprint density at radius 1 is 1.62 bits per heavy atom. The first-order valence-electron chi connectivity index (χ1n) is 3.95. The number of nitrogens with zero attached hydrogens (tertiary/aromatic N) is 1. The molecule has 4 heteroatoms. The molecule has 0 N–H and O–H groups in total. The minimum atomic E-state index is -0.377. The smallest absolute Gasteiger partial charge is 0.356 e. The van der Waals surface area contributed by atoms with Crippen molar-refractivity contribution in [2.24, 2.45) is 0 Å². The van der Waals surface area contributed by atoms with Crippen LogP contribution in [-0.2, 0) is 4.74 Å². The van der Waals surface area contributed by atoms with Gasteiger partial charge >= 0.3 is 5.97 Å². The van der Waals surface area contributed by atoms with Crippen LogP contribution in [-0.4, -0.2) is 17.6 Å². The molecule has 0 aromatic carbocycles. The molecule has 0 amide bonds. The SMILES string of the molecule is CCOC(=O)c1ccc(Br)c(C)n1. The molecule has 0 fully saturated rings. The van der Waals surface area contributed by atoms with Crippen LogP contribution in [0.5, 0.6) is 0 Å². The molecule has 0 saturated heterocycles. The van der Waals surface area contributed by atoms with E-state index in [0.717, 1.165) is 10.2 Å². The molecule has 0 aliphatic carbocycles. The fraction of sp³-hybridized carbons (Fsp3) is 0.333. The molecule has 1 aromatic heterocycles. The van der Waals surface area contributed by atoms with Crippen molar-refractivity contribution in [2.45, 2.75) is 13.8 Å². The average molecular weight is 244 g/mol. The lowest BCUT2D eigenvalue weighted by Gasteiger charge is -2.02. The van der Waals surface area contributed by atoms with E-state index in [1.165, 1.54) is 0 Å². The molecule has 1 heterocycles. The molecule has 70 valence electrons. The Bertz CT molecular complexity index is 325. The van der Waals surface area contributed by atoms with Gasteiger partial charge in [-0.2, -0.15) is 0 Å². The van der Waals surface area contributed by atoms with Crippen LogP contribution in [0.15, 0.2) is 16.6 Å². The fourth-order valence-corrected chi connectivity index (χ4v) is 1.08. The number of hydrogen-bond donors (Lipinski definition) is 0. The Labute approximate surface area is 85.3 Å². The van der Waals surface area contributed by atoms with Crippen molar-refractivity contribution in [1.82, 2.24) is 4.98 Å². The standard InChI is InChI=1S/C9H10BrNO2/c1-3-13-9(12)8-5-4-7(10)6(2)11-8/h4-5H,3H2,1-2H3. The number of carbonyl (C=O) groups is 1. The van der Waals surface area contributed by atoms with Gasteiger partial charge in [0.25, 0.3) is 0 Å². The number of esters is 1. The number of hydrogen-bond acceptors (Lipinski definition) is 3. The monoisotopic (exact) mass is 243 g/mol. The third-order valence-electron chi connectivity index (χ3n) is 1.51. The molecule has 0 saturated carbocycles. The summed E-state index contributed by atoms with van der Waals surface area (Å²) in [6, 6.07) is 3.42. The second kappa shape index (κ2) is 4.37. The number of carbonyl (C=O) groups excluding carboxylic acids is 1. The zero-order chi connectivity index (χ0) is 9.84. The van der Waals surface area contributed by atoms with Gasteiger partial charge in [-0.25, -0.2) is 9.78 Å². The van der Waals surface area contributed by atoms with E-state index < -0.39 is 0 Å². The van der Waals surface area contributed by atoms with Gasteiger partial charge in [0.2, 0.25) is 0 Å². The van der Waals surface area contributed by atoms with Crippen molar-refractivity contribution in [2.75, 3.05) is 6.61 Å². The van der Waals surface area contributed by atoms with Gasteiger partial charge in [0.1, 0.15) is 5.69 Å². The Morgan fingerprint density at radius 2 is 2.31 bits per heavy atom. The van der Waals surface area contributed by atoms with Crippen molar-refractivity contribution in [1.29, 1.82) is 0 Å². The van der Waals surface area contributed by atoms with Gasteiger partial charge < -0.3 is 4.74 Å². The molecule has 0 spiro atoms. The molecular formula is C9H10BrNO2. The molecule has 0 aliphatic heterocycles. The molecule has 0 bridgehead atoms. The summed E-state index contributed by atoms with van der Waals surface area (Å²) in [6.07, 6.45) is 0. The predicted octanol–water partition coefficient (Wildman–Crippen LogP) is 2.33. The Hall–Kier alpha value is -0.900. The van der Waals surface area contributed by atoms with Crippen molar-refractivity contribution in [3.05, 3.63) is 28.0 Å². The zero-order valence-electron chi connectivity index (χ0n) is 7.50. The van der Waals surface area contributed by atoms with Crippen LogP contribution < -0.4 is 0 Å². The van der Waals surface area contributed by atoms with Crippen LogP contribution in [0, 0.1) is 6.92 Å². The van der Waals surface area contributed by atoms with E-state index in [2.05, 4.69) is 20.9 Å². The lowest BCUT2D eigenvalue weighted by Crippen LogP contribution is -2.07. The first-order valence-corrected chi connectivity index (χ1v) is 4.74.